The minimum absolute atomic E-state index is 0.0415. The maximum Gasteiger partial charge on any atom is 0.338 e. The Kier molecular flexibility index (Phi) is 7.32. The third-order valence-electron chi connectivity index (χ3n) is 4.37. The van der Waals surface area contributed by atoms with E-state index in [1.54, 1.807) is 18.2 Å². The summed E-state index contributed by atoms with van der Waals surface area (Å²) < 4.78 is 5.41. The van der Waals surface area contributed by atoms with Crippen LogP contribution in [-0.4, -0.2) is 17.0 Å². The van der Waals surface area contributed by atoms with Gasteiger partial charge in [0, 0.05) is 25.7 Å². The first-order chi connectivity index (χ1) is 14.6. The zero-order chi connectivity index (χ0) is 22.9. The average molecular weight is 539 g/mol. The molecule has 0 aromatic heterocycles. The third kappa shape index (κ3) is 4.47. The Morgan fingerprint density at radius 2 is 1.19 bits per heavy atom. The average Bonchev–Trinajstić information content (AvgIpc) is 2.67. The smallest absolute Gasteiger partial charge is 0.338 e. The molecule has 0 amide bonds. The lowest BCUT2D eigenvalue weighted by atomic mass is 9.74. The van der Waals surface area contributed by atoms with Gasteiger partial charge < -0.3 is 9.84 Å². The molecule has 31 heavy (non-hydrogen) atoms. The van der Waals surface area contributed by atoms with Gasteiger partial charge in [-0.2, -0.15) is 0 Å². The van der Waals surface area contributed by atoms with Gasteiger partial charge in [0.1, 0.15) is 0 Å². The van der Waals surface area contributed by atoms with Crippen LogP contribution in [-0.2, 0) is 15.0 Å². The molecule has 0 saturated carbocycles. The van der Waals surface area contributed by atoms with Crippen LogP contribution < -0.4 is 4.74 Å². The Morgan fingerprint density at radius 3 is 1.65 bits per heavy atom. The summed E-state index contributed by atoms with van der Waals surface area (Å²) in [5.41, 5.74) is -2.64. The highest BCUT2D eigenvalue weighted by molar-refractivity contribution is 6.41. The first-order valence-corrected chi connectivity index (χ1v) is 10.7. The molecule has 0 saturated heterocycles. The summed E-state index contributed by atoms with van der Waals surface area (Å²) in [7, 11) is 0. The molecule has 0 heterocycles. The Morgan fingerprint density at radius 1 is 0.742 bits per heavy atom. The summed E-state index contributed by atoms with van der Waals surface area (Å²) in [5.74, 6) is -3.10. The molecular formula is C21H10Cl6O4. The SMILES string of the molecule is O=C(O)C(C(=O)Oc1c(Cl)cc(Cl)cc1Cl)(c1ccccc1)c1c(Cl)cc(Cl)cc1Cl. The number of ether oxygens (including phenoxy) is 1. The van der Waals surface area contributed by atoms with Gasteiger partial charge in [0.25, 0.3) is 0 Å². The van der Waals surface area contributed by atoms with Crippen LogP contribution in [0.25, 0.3) is 0 Å². The van der Waals surface area contributed by atoms with Crippen molar-refractivity contribution in [1.82, 2.24) is 0 Å². The molecule has 0 radical (unpaired) electrons. The maximum absolute atomic E-state index is 13.6. The second-order valence-corrected chi connectivity index (χ2v) is 8.76. The van der Waals surface area contributed by atoms with Gasteiger partial charge in [0.15, 0.2) is 5.75 Å². The summed E-state index contributed by atoms with van der Waals surface area (Å²) in [5, 5.41) is 10.2. The van der Waals surface area contributed by atoms with Crippen molar-refractivity contribution in [3.05, 3.63) is 95.9 Å². The van der Waals surface area contributed by atoms with Gasteiger partial charge in [-0.25, -0.2) is 4.79 Å². The van der Waals surface area contributed by atoms with Crippen LogP contribution in [0.15, 0.2) is 54.6 Å². The zero-order valence-electron chi connectivity index (χ0n) is 15.1. The lowest BCUT2D eigenvalue weighted by Crippen LogP contribution is -2.48. The van der Waals surface area contributed by atoms with E-state index >= 15 is 0 Å². The van der Waals surface area contributed by atoms with E-state index in [1.165, 1.54) is 36.4 Å². The van der Waals surface area contributed by atoms with E-state index in [9.17, 15) is 14.7 Å². The molecule has 0 aliphatic carbocycles. The molecule has 160 valence electrons. The van der Waals surface area contributed by atoms with Crippen LogP contribution in [0.3, 0.4) is 0 Å². The van der Waals surface area contributed by atoms with E-state index < -0.39 is 17.4 Å². The summed E-state index contributed by atoms with van der Waals surface area (Å²) in [6.07, 6.45) is 0. The van der Waals surface area contributed by atoms with Gasteiger partial charge in [-0.3, -0.25) is 4.79 Å². The van der Waals surface area contributed by atoms with Crippen LogP contribution in [0.4, 0.5) is 0 Å². The lowest BCUT2D eigenvalue weighted by molar-refractivity contribution is -0.153. The van der Waals surface area contributed by atoms with E-state index in [0.717, 1.165) is 0 Å². The molecular weight excluding hydrogens is 529 g/mol. The van der Waals surface area contributed by atoms with Gasteiger partial charge in [-0.1, -0.05) is 99.9 Å². The van der Waals surface area contributed by atoms with Crippen LogP contribution in [0.5, 0.6) is 5.75 Å². The molecule has 0 aliphatic heterocycles. The van der Waals surface area contributed by atoms with Crippen molar-refractivity contribution in [3.8, 4) is 5.75 Å². The fourth-order valence-electron chi connectivity index (χ4n) is 3.07. The van der Waals surface area contributed by atoms with Gasteiger partial charge in [0.05, 0.1) is 10.0 Å². The second-order valence-electron chi connectivity index (χ2n) is 6.25. The topological polar surface area (TPSA) is 63.6 Å². The number of benzene rings is 3. The number of hydrogen-bond acceptors (Lipinski definition) is 3. The molecule has 3 aromatic rings. The number of carboxylic acid groups (broad SMARTS) is 1. The van der Waals surface area contributed by atoms with E-state index in [4.69, 9.17) is 74.3 Å². The Balaban J connectivity index is 2.32. The monoisotopic (exact) mass is 536 g/mol. The molecule has 0 fully saturated rings. The van der Waals surface area contributed by atoms with Crippen molar-refractivity contribution in [2.24, 2.45) is 0 Å². The molecule has 3 aromatic carbocycles. The lowest BCUT2D eigenvalue weighted by Gasteiger charge is -2.30. The van der Waals surface area contributed by atoms with E-state index in [2.05, 4.69) is 0 Å². The quantitative estimate of drug-likeness (QED) is 0.206. The third-order valence-corrected chi connectivity index (χ3v) is 5.97. The van der Waals surface area contributed by atoms with Crippen molar-refractivity contribution in [2.45, 2.75) is 5.41 Å². The molecule has 10 heteroatoms. The fourth-order valence-corrected chi connectivity index (χ4v) is 5.06. The maximum atomic E-state index is 13.6. The molecule has 1 unspecified atom stereocenters. The van der Waals surface area contributed by atoms with Crippen molar-refractivity contribution in [1.29, 1.82) is 0 Å². The highest BCUT2D eigenvalue weighted by Crippen LogP contribution is 2.45. The van der Waals surface area contributed by atoms with Crippen molar-refractivity contribution < 1.29 is 19.4 Å². The zero-order valence-corrected chi connectivity index (χ0v) is 19.7. The molecule has 4 nitrogen and oxygen atoms in total. The Hall–Kier alpha value is -1.66. The van der Waals surface area contributed by atoms with Gasteiger partial charge in [-0.05, 0) is 29.8 Å². The van der Waals surface area contributed by atoms with Gasteiger partial charge in [0.2, 0.25) is 5.41 Å². The first-order valence-electron chi connectivity index (χ1n) is 8.39. The number of carboxylic acids is 1. The second kappa shape index (κ2) is 9.45. The standard InChI is InChI=1S/C21H10Cl6O4/c22-11-6-13(24)17(14(25)7-11)21(19(28)29,10-4-2-1-3-5-10)20(30)31-18-15(26)8-12(23)9-16(18)27/h1-9H,(H,28,29). The number of carbonyl (C=O) groups is 2. The Labute approximate surface area is 207 Å². The predicted molar refractivity (Wildman–Crippen MR) is 123 cm³/mol. The molecule has 1 atom stereocenters. The van der Waals surface area contributed by atoms with Crippen molar-refractivity contribution in [3.63, 3.8) is 0 Å². The molecule has 0 aliphatic rings. The van der Waals surface area contributed by atoms with Crippen molar-refractivity contribution in [2.75, 3.05) is 0 Å². The summed E-state index contributed by atoms with van der Waals surface area (Å²) in [4.78, 5) is 26.3. The minimum Gasteiger partial charge on any atom is -0.480 e. The van der Waals surface area contributed by atoms with Crippen LogP contribution in [0.1, 0.15) is 11.1 Å². The molecule has 0 spiro atoms. The van der Waals surface area contributed by atoms with E-state index in [-0.39, 0.29) is 47.0 Å². The Bertz CT molecular complexity index is 1140. The minimum atomic E-state index is -2.47. The molecule has 0 bridgehead atoms. The number of aliphatic carboxylic acids is 1. The number of hydrogen-bond donors (Lipinski definition) is 1. The van der Waals surface area contributed by atoms with E-state index in [1.807, 2.05) is 0 Å². The summed E-state index contributed by atoms with van der Waals surface area (Å²) >= 11 is 36.8. The molecule has 3 rings (SSSR count). The largest absolute Gasteiger partial charge is 0.480 e. The van der Waals surface area contributed by atoms with Gasteiger partial charge in [-0.15, -0.1) is 0 Å². The van der Waals surface area contributed by atoms with Crippen LogP contribution in [0.2, 0.25) is 30.1 Å². The fraction of sp³-hybridized carbons (Fsp3) is 0.0476. The number of rotatable bonds is 5. The predicted octanol–water partition coefficient (Wildman–Crippen LogP) is 7.58. The van der Waals surface area contributed by atoms with Gasteiger partial charge >= 0.3 is 11.9 Å². The summed E-state index contributed by atoms with van der Waals surface area (Å²) in [6, 6.07) is 12.8. The van der Waals surface area contributed by atoms with Crippen molar-refractivity contribution >= 4 is 81.5 Å². The first kappa shape index (κ1) is 24.0. The summed E-state index contributed by atoms with van der Waals surface area (Å²) in [6.45, 7) is 0. The molecule has 1 N–H and O–H groups in total. The number of halogens is 6. The number of carbonyl (C=O) groups excluding carboxylic acids is 1. The highest BCUT2D eigenvalue weighted by Gasteiger charge is 2.54. The highest BCUT2D eigenvalue weighted by atomic mass is 35.5. The van der Waals surface area contributed by atoms with E-state index in [0.29, 0.717) is 0 Å². The normalized spacial score (nSPS) is 12.8. The number of esters is 1. The van der Waals surface area contributed by atoms with Crippen LogP contribution >= 0.6 is 69.6 Å². The van der Waals surface area contributed by atoms with Crippen LogP contribution in [0, 0.1) is 0 Å².